The van der Waals surface area contributed by atoms with Gasteiger partial charge >= 0.3 is 0 Å². The molecule has 0 saturated carbocycles. The van der Waals surface area contributed by atoms with Crippen LogP contribution in [-0.2, 0) is 0 Å². The van der Waals surface area contributed by atoms with Gasteiger partial charge in [0, 0.05) is 29.8 Å². The summed E-state index contributed by atoms with van der Waals surface area (Å²) in [5.74, 6) is 0.770. The Morgan fingerprint density at radius 3 is 3.05 bits per heavy atom. The van der Waals surface area contributed by atoms with E-state index in [-0.39, 0.29) is 5.91 Å². The normalized spacial score (nSPS) is 18.7. The maximum Gasteiger partial charge on any atom is 0.257 e. The average molecular weight is 326 g/mol. The third kappa shape index (κ3) is 3.26. The molecule has 5 heteroatoms. The summed E-state index contributed by atoms with van der Waals surface area (Å²) in [6.45, 7) is 5.87. The molecule has 19 heavy (non-hydrogen) atoms. The molecule has 1 aromatic rings. The van der Waals surface area contributed by atoms with Gasteiger partial charge in [0.1, 0.15) is 5.82 Å². The Morgan fingerprint density at radius 2 is 2.42 bits per heavy atom. The first-order valence-corrected chi connectivity index (χ1v) is 7.63. The fourth-order valence-electron chi connectivity index (χ4n) is 2.38. The zero-order valence-corrected chi connectivity index (χ0v) is 13.0. The van der Waals surface area contributed by atoms with E-state index in [0.29, 0.717) is 17.4 Å². The summed E-state index contributed by atoms with van der Waals surface area (Å²) >= 11 is 3.40. The topological polar surface area (TPSA) is 45.2 Å². The fourth-order valence-corrected chi connectivity index (χ4v) is 2.71. The van der Waals surface area contributed by atoms with E-state index in [2.05, 4.69) is 40.1 Å². The molecular weight excluding hydrogens is 306 g/mol. The fraction of sp³-hybridized carbons (Fsp3) is 0.571. The largest absolute Gasteiger partial charge is 0.369 e. The van der Waals surface area contributed by atoms with Gasteiger partial charge in [-0.25, -0.2) is 4.98 Å². The molecule has 104 valence electrons. The molecule has 0 spiro atoms. The summed E-state index contributed by atoms with van der Waals surface area (Å²) < 4.78 is 0.838. The van der Waals surface area contributed by atoms with Crippen molar-refractivity contribution in [2.45, 2.75) is 39.2 Å². The van der Waals surface area contributed by atoms with E-state index in [0.717, 1.165) is 36.8 Å². The van der Waals surface area contributed by atoms with Gasteiger partial charge in [-0.2, -0.15) is 0 Å². The second kappa shape index (κ2) is 6.37. The van der Waals surface area contributed by atoms with E-state index in [1.807, 2.05) is 11.0 Å². The second-order valence-electron chi connectivity index (χ2n) is 4.97. The number of hydrogen-bond donors (Lipinski definition) is 1. The Morgan fingerprint density at radius 1 is 1.63 bits per heavy atom. The Balaban J connectivity index is 2.26. The highest BCUT2D eigenvalue weighted by molar-refractivity contribution is 9.10. The number of nitrogens with zero attached hydrogens (tertiary/aromatic N) is 2. The number of carbonyl (C=O) groups is 1. The van der Waals surface area contributed by atoms with Gasteiger partial charge in [-0.1, -0.05) is 6.92 Å². The van der Waals surface area contributed by atoms with E-state index in [4.69, 9.17) is 0 Å². The Hall–Kier alpha value is -1.10. The van der Waals surface area contributed by atoms with Crippen molar-refractivity contribution in [1.29, 1.82) is 0 Å². The molecule has 4 nitrogen and oxygen atoms in total. The molecule has 1 saturated heterocycles. The lowest BCUT2D eigenvalue weighted by Crippen LogP contribution is -2.34. The van der Waals surface area contributed by atoms with Gasteiger partial charge in [0.2, 0.25) is 0 Å². The van der Waals surface area contributed by atoms with Gasteiger partial charge in [-0.05, 0) is 48.2 Å². The SMILES string of the molecule is CCCNc1ncc(Br)cc1C(=O)N1CCCC1C. The number of rotatable bonds is 4. The Bertz CT molecular complexity index is 464. The predicted octanol–water partition coefficient (Wildman–Crippen LogP) is 3.29. The maximum absolute atomic E-state index is 12.6. The van der Waals surface area contributed by atoms with Crippen molar-refractivity contribution in [1.82, 2.24) is 9.88 Å². The van der Waals surface area contributed by atoms with E-state index >= 15 is 0 Å². The monoisotopic (exact) mass is 325 g/mol. The molecule has 1 unspecified atom stereocenters. The number of aromatic nitrogens is 1. The minimum atomic E-state index is 0.0809. The molecule has 0 aromatic carbocycles. The standard InChI is InChI=1S/C14H20BrN3O/c1-3-6-16-13-12(8-11(15)9-17-13)14(19)18-7-4-5-10(18)2/h8-10H,3-7H2,1-2H3,(H,16,17). The minimum Gasteiger partial charge on any atom is -0.369 e. The molecule has 1 fully saturated rings. The van der Waals surface area contributed by atoms with Gasteiger partial charge in [-0.15, -0.1) is 0 Å². The van der Waals surface area contributed by atoms with Crippen LogP contribution < -0.4 is 5.32 Å². The minimum absolute atomic E-state index is 0.0809. The van der Waals surface area contributed by atoms with Crippen LogP contribution >= 0.6 is 15.9 Å². The highest BCUT2D eigenvalue weighted by Gasteiger charge is 2.28. The average Bonchev–Trinajstić information content (AvgIpc) is 2.82. The van der Waals surface area contributed by atoms with E-state index in [1.54, 1.807) is 6.20 Å². The lowest BCUT2D eigenvalue weighted by Gasteiger charge is -2.22. The molecule has 0 bridgehead atoms. The van der Waals surface area contributed by atoms with Gasteiger partial charge in [0.05, 0.1) is 5.56 Å². The van der Waals surface area contributed by atoms with Gasteiger partial charge < -0.3 is 10.2 Å². The van der Waals surface area contributed by atoms with Crippen molar-refractivity contribution in [3.05, 3.63) is 22.3 Å². The predicted molar refractivity (Wildman–Crippen MR) is 80.5 cm³/mol. The van der Waals surface area contributed by atoms with Crippen LogP contribution in [0.2, 0.25) is 0 Å². The number of pyridine rings is 1. The summed E-state index contributed by atoms with van der Waals surface area (Å²) in [6, 6.07) is 2.18. The molecule has 1 aliphatic rings. The summed E-state index contributed by atoms with van der Waals surface area (Å²) in [4.78, 5) is 18.9. The molecule has 0 aliphatic carbocycles. The van der Waals surface area contributed by atoms with Crippen LogP contribution in [0.3, 0.4) is 0 Å². The summed E-state index contributed by atoms with van der Waals surface area (Å²) in [6.07, 6.45) is 4.91. The lowest BCUT2D eigenvalue weighted by atomic mass is 10.2. The van der Waals surface area contributed by atoms with Gasteiger partial charge in [0.15, 0.2) is 0 Å². The Kier molecular flexibility index (Phi) is 4.80. The molecule has 1 aliphatic heterocycles. The first-order valence-electron chi connectivity index (χ1n) is 6.84. The highest BCUT2D eigenvalue weighted by Crippen LogP contribution is 2.24. The molecule has 1 N–H and O–H groups in total. The second-order valence-corrected chi connectivity index (χ2v) is 5.88. The van der Waals surface area contributed by atoms with Crippen LogP contribution in [0.25, 0.3) is 0 Å². The lowest BCUT2D eigenvalue weighted by molar-refractivity contribution is 0.0748. The smallest absolute Gasteiger partial charge is 0.257 e. The summed E-state index contributed by atoms with van der Waals surface area (Å²) in [5, 5.41) is 3.23. The van der Waals surface area contributed by atoms with Gasteiger partial charge in [0.25, 0.3) is 5.91 Å². The van der Waals surface area contributed by atoms with E-state index in [1.165, 1.54) is 0 Å². The van der Waals surface area contributed by atoms with Crippen LogP contribution in [0.1, 0.15) is 43.5 Å². The number of amides is 1. The van der Waals surface area contributed by atoms with Crippen molar-refractivity contribution in [2.24, 2.45) is 0 Å². The van der Waals surface area contributed by atoms with Crippen molar-refractivity contribution < 1.29 is 4.79 Å². The number of halogens is 1. The van der Waals surface area contributed by atoms with Crippen LogP contribution in [0.4, 0.5) is 5.82 Å². The number of hydrogen-bond acceptors (Lipinski definition) is 3. The molecule has 2 rings (SSSR count). The maximum atomic E-state index is 12.6. The number of nitrogens with one attached hydrogen (secondary N) is 1. The van der Waals surface area contributed by atoms with Gasteiger partial charge in [-0.3, -0.25) is 4.79 Å². The Labute approximate surface area is 122 Å². The highest BCUT2D eigenvalue weighted by atomic mass is 79.9. The molecule has 1 amide bonds. The summed E-state index contributed by atoms with van der Waals surface area (Å²) in [7, 11) is 0. The number of carbonyl (C=O) groups excluding carboxylic acids is 1. The van der Waals surface area contributed by atoms with Crippen LogP contribution in [0, 0.1) is 0 Å². The van der Waals surface area contributed by atoms with E-state index < -0.39 is 0 Å². The molecule has 2 heterocycles. The molecule has 1 aromatic heterocycles. The first-order chi connectivity index (χ1) is 9.13. The van der Waals surface area contributed by atoms with Crippen molar-refractivity contribution in [3.63, 3.8) is 0 Å². The number of likely N-dealkylation sites (tertiary alicyclic amines) is 1. The third-order valence-corrected chi connectivity index (χ3v) is 3.87. The van der Waals surface area contributed by atoms with Crippen LogP contribution in [0.5, 0.6) is 0 Å². The quantitative estimate of drug-likeness (QED) is 0.923. The third-order valence-electron chi connectivity index (χ3n) is 3.44. The van der Waals surface area contributed by atoms with Crippen molar-refractivity contribution >= 4 is 27.7 Å². The first kappa shape index (κ1) is 14.3. The molecular formula is C14H20BrN3O. The zero-order chi connectivity index (χ0) is 13.8. The van der Waals surface area contributed by atoms with Crippen molar-refractivity contribution in [3.8, 4) is 0 Å². The van der Waals surface area contributed by atoms with Crippen LogP contribution in [0.15, 0.2) is 16.7 Å². The molecule has 0 radical (unpaired) electrons. The van der Waals surface area contributed by atoms with Crippen molar-refractivity contribution in [2.75, 3.05) is 18.4 Å². The van der Waals surface area contributed by atoms with Crippen LogP contribution in [-0.4, -0.2) is 34.9 Å². The number of anilines is 1. The van der Waals surface area contributed by atoms with E-state index in [9.17, 15) is 4.79 Å². The molecule has 1 atom stereocenters. The zero-order valence-electron chi connectivity index (χ0n) is 11.4. The summed E-state index contributed by atoms with van der Waals surface area (Å²) in [5.41, 5.74) is 0.663.